The van der Waals surface area contributed by atoms with Crippen LogP contribution in [-0.2, 0) is 6.54 Å². The van der Waals surface area contributed by atoms with Gasteiger partial charge in [-0.3, -0.25) is 0 Å². The highest BCUT2D eigenvalue weighted by Gasteiger charge is 2.00. The van der Waals surface area contributed by atoms with Crippen molar-refractivity contribution in [1.29, 1.82) is 0 Å². The number of aromatic nitrogens is 2. The first-order chi connectivity index (χ1) is 6.45. The Morgan fingerprint density at radius 3 is 2.77 bits per heavy atom. The maximum absolute atomic E-state index is 3.97. The average Bonchev–Trinajstić information content (AvgIpc) is 2.21. The van der Waals surface area contributed by atoms with Gasteiger partial charge in [0.05, 0.1) is 0 Å². The van der Waals surface area contributed by atoms with Gasteiger partial charge in [-0.15, -0.1) is 0 Å². The second kappa shape index (κ2) is 3.85. The van der Waals surface area contributed by atoms with Gasteiger partial charge in [-0.25, -0.2) is 9.97 Å². The number of nitrogens with zero attached hydrogens (tertiary/aromatic N) is 3. The van der Waals surface area contributed by atoms with Gasteiger partial charge >= 0.3 is 0 Å². The van der Waals surface area contributed by atoms with Gasteiger partial charge in [0.1, 0.15) is 6.33 Å². The molecule has 1 aromatic heterocycles. The molecule has 66 valence electrons. The Bertz CT molecular complexity index is 316. The maximum Gasteiger partial charge on any atom is 0.115 e. The number of hydrogen-bond acceptors (Lipinski definition) is 3. The molecule has 3 heteroatoms. The molecular weight excluding hydrogens is 162 g/mol. The molecule has 0 aromatic carbocycles. The summed E-state index contributed by atoms with van der Waals surface area (Å²) >= 11 is 0. The SMILES string of the molecule is C1=CCN(Cc2cncnc2)C=C1. The van der Waals surface area contributed by atoms with E-state index in [0.29, 0.717) is 0 Å². The van der Waals surface area contributed by atoms with E-state index in [0.717, 1.165) is 18.7 Å². The fourth-order valence-corrected chi connectivity index (χ4v) is 1.27. The largest absolute Gasteiger partial charge is 0.369 e. The van der Waals surface area contributed by atoms with Crippen LogP contribution >= 0.6 is 0 Å². The molecule has 1 aromatic rings. The highest BCUT2D eigenvalue weighted by Crippen LogP contribution is 2.04. The molecule has 1 aliphatic heterocycles. The van der Waals surface area contributed by atoms with E-state index in [1.807, 2.05) is 18.5 Å². The Labute approximate surface area is 77.4 Å². The second-order valence-corrected chi connectivity index (χ2v) is 2.95. The van der Waals surface area contributed by atoms with Crippen molar-refractivity contribution >= 4 is 0 Å². The zero-order valence-electron chi connectivity index (χ0n) is 7.30. The maximum atomic E-state index is 3.97. The third kappa shape index (κ3) is 2.15. The molecule has 0 N–H and O–H groups in total. The summed E-state index contributed by atoms with van der Waals surface area (Å²) in [7, 11) is 0. The summed E-state index contributed by atoms with van der Waals surface area (Å²) in [6.07, 6.45) is 13.5. The molecule has 0 saturated carbocycles. The lowest BCUT2D eigenvalue weighted by Gasteiger charge is -2.19. The normalized spacial score (nSPS) is 14.9. The first-order valence-corrected chi connectivity index (χ1v) is 4.26. The third-order valence-electron chi connectivity index (χ3n) is 1.88. The Kier molecular flexibility index (Phi) is 2.36. The summed E-state index contributed by atoms with van der Waals surface area (Å²) in [5.41, 5.74) is 1.14. The van der Waals surface area contributed by atoms with Gasteiger partial charge in [-0.1, -0.05) is 12.2 Å². The van der Waals surface area contributed by atoms with Gasteiger partial charge in [0.15, 0.2) is 0 Å². The van der Waals surface area contributed by atoms with Gasteiger partial charge in [-0.05, 0) is 12.3 Å². The molecule has 2 rings (SSSR count). The first-order valence-electron chi connectivity index (χ1n) is 4.26. The lowest BCUT2D eigenvalue weighted by molar-refractivity contribution is 0.404. The molecule has 3 nitrogen and oxygen atoms in total. The molecule has 0 spiro atoms. The van der Waals surface area contributed by atoms with Crippen molar-refractivity contribution < 1.29 is 0 Å². The van der Waals surface area contributed by atoms with Crippen LogP contribution in [0.1, 0.15) is 5.56 Å². The molecule has 0 unspecified atom stereocenters. The third-order valence-corrected chi connectivity index (χ3v) is 1.88. The molecule has 0 bridgehead atoms. The summed E-state index contributed by atoms with van der Waals surface area (Å²) in [5, 5.41) is 0. The van der Waals surface area contributed by atoms with E-state index in [4.69, 9.17) is 0 Å². The molecule has 2 heterocycles. The lowest BCUT2D eigenvalue weighted by atomic mass is 10.3. The van der Waals surface area contributed by atoms with Gasteiger partial charge in [0.25, 0.3) is 0 Å². The Balaban J connectivity index is 1.99. The first kappa shape index (κ1) is 7.98. The smallest absolute Gasteiger partial charge is 0.115 e. The van der Waals surface area contributed by atoms with Crippen molar-refractivity contribution in [3.8, 4) is 0 Å². The van der Waals surface area contributed by atoms with Gasteiger partial charge in [0, 0.05) is 31.0 Å². The summed E-state index contributed by atoms with van der Waals surface area (Å²) in [5.74, 6) is 0. The van der Waals surface area contributed by atoms with Gasteiger partial charge in [0.2, 0.25) is 0 Å². The van der Waals surface area contributed by atoms with Crippen LogP contribution in [0.3, 0.4) is 0 Å². The number of allylic oxidation sites excluding steroid dienone is 2. The van der Waals surface area contributed by atoms with Crippen LogP contribution in [0.4, 0.5) is 0 Å². The molecule has 13 heavy (non-hydrogen) atoms. The van der Waals surface area contributed by atoms with Crippen LogP contribution in [0.15, 0.2) is 43.1 Å². The fourth-order valence-electron chi connectivity index (χ4n) is 1.27. The monoisotopic (exact) mass is 173 g/mol. The van der Waals surface area contributed by atoms with Crippen molar-refractivity contribution in [2.24, 2.45) is 0 Å². The lowest BCUT2D eigenvalue weighted by Crippen LogP contribution is -2.18. The van der Waals surface area contributed by atoms with Crippen molar-refractivity contribution in [2.75, 3.05) is 6.54 Å². The van der Waals surface area contributed by atoms with E-state index in [9.17, 15) is 0 Å². The molecule has 1 aliphatic rings. The summed E-state index contributed by atoms with van der Waals surface area (Å²) < 4.78 is 0. The summed E-state index contributed by atoms with van der Waals surface area (Å²) in [4.78, 5) is 10.1. The standard InChI is InChI=1S/C10H11N3/c1-2-4-13(5-3-1)8-10-6-11-9-12-7-10/h1-4,6-7,9H,5,8H2. The summed E-state index contributed by atoms with van der Waals surface area (Å²) in [6, 6.07) is 0. The second-order valence-electron chi connectivity index (χ2n) is 2.95. The van der Waals surface area contributed by atoms with Crippen molar-refractivity contribution in [2.45, 2.75) is 6.54 Å². The molecule has 0 saturated heterocycles. The molecule has 0 fully saturated rings. The van der Waals surface area contributed by atoms with Crippen LogP contribution in [0.25, 0.3) is 0 Å². The minimum Gasteiger partial charge on any atom is -0.369 e. The van der Waals surface area contributed by atoms with Gasteiger partial charge < -0.3 is 4.90 Å². The highest BCUT2D eigenvalue weighted by molar-refractivity contribution is 5.11. The minimum atomic E-state index is 0.877. The predicted molar refractivity (Wildman–Crippen MR) is 50.7 cm³/mol. The number of rotatable bonds is 2. The van der Waals surface area contributed by atoms with E-state index in [1.165, 1.54) is 0 Å². The zero-order valence-corrected chi connectivity index (χ0v) is 7.30. The molecule has 0 atom stereocenters. The quantitative estimate of drug-likeness (QED) is 0.676. The van der Waals surface area contributed by atoms with Crippen LogP contribution in [0.5, 0.6) is 0 Å². The van der Waals surface area contributed by atoms with E-state index < -0.39 is 0 Å². The van der Waals surface area contributed by atoms with E-state index in [2.05, 4.69) is 33.2 Å². The van der Waals surface area contributed by atoms with Crippen LogP contribution in [0.2, 0.25) is 0 Å². The zero-order chi connectivity index (χ0) is 8.93. The molecule has 0 radical (unpaired) electrons. The van der Waals surface area contributed by atoms with Gasteiger partial charge in [-0.2, -0.15) is 0 Å². The Hall–Kier alpha value is -1.64. The topological polar surface area (TPSA) is 29.0 Å². The van der Waals surface area contributed by atoms with E-state index in [-0.39, 0.29) is 0 Å². The Morgan fingerprint density at radius 1 is 1.23 bits per heavy atom. The van der Waals surface area contributed by atoms with Crippen LogP contribution in [0, 0.1) is 0 Å². The highest BCUT2D eigenvalue weighted by atomic mass is 15.1. The minimum absolute atomic E-state index is 0.877. The van der Waals surface area contributed by atoms with E-state index >= 15 is 0 Å². The Morgan fingerprint density at radius 2 is 2.08 bits per heavy atom. The molecular formula is C10H11N3. The van der Waals surface area contributed by atoms with Crippen LogP contribution < -0.4 is 0 Å². The van der Waals surface area contributed by atoms with Crippen molar-refractivity contribution in [1.82, 2.24) is 14.9 Å². The average molecular weight is 173 g/mol. The molecule has 0 aliphatic carbocycles. The van der Waals surface area contributed by atoms with Crippen LogP contribution in [-0.4, -0.2) is 21.4 Å². The molecule has 0 amide bonds. The number of hydrogen-bond donors (Lipinski definition) is 0. The predicted octanol–water partition coefficient (Wildman–Crippen LogP) is 1.36. The fraction of sp³-hybridized carbons (Fsp3) is 0.200. The summed E-state index contributed by atoms with van der Waals surface area (Å²) in [6.45, 7) is 1.84. The van der Waals surface area contributed by atoms with Crippen molar-refractivity contribution in [3.63, 3.8) is 0 Å². The van der Waals surface area contributed by atoms with E-state index in [1.54, 1.807) is 6.33 Å². The van der Waals surface area contributed by atoms with Crippen molar-refractivity contribution in [3.05, 3.63) is 48.7 Å².